The summed E-state index contributed by atoms with van der Waals surface area (Å²) in [5.41, 5.74) is 6.03. The first kappa shape index (κ1) is 16.4. The van der Waals surface area contributed by atoms with Gasteiger partial charge in [0.05, 0.1) is 11.2 Å². The normalized spacial score (nSPS) is 18.7. The van der Waals surface area contributed by atoms with E-state index in [0.717, 1.165) is 28.5 Å². The smallest absolute Gasteiger partial charge is 0.103 e. The molecule has 0 radical (unpaired) electrons. The predicted molar refractivity (Wildman–Crippen MR) is 104 cm³/mol. The lowest BCUT2D eigenvalue weighted by atomic mass is 9.79. The summed E-state index contributed by atoms with van der Waals surface area (Å²) in [5, 5.41) is 11.7. The van der Waals surface area contributed by atoms with Gasteiger partial charge < -0.3 is 0 Å². The van der Waals surface area contributed by atoms with Crippen molar-refractivity contribution >= 4 is 21.8 Å². The molecule has 2 heterocycles. The second-order valence-corrected chi connectivity index (χ2v) is 9.84. The zero-order valence-corrected chi connectivity index (χ0v) is 16.4. The summed E-state index contributed by atoms with van der Waals surface area (Å²) in [6.45, 7) is 16.0. The lowest BCUT2D eigenvalue weighted by molar-refractivity contribution is 0.399. The molecular formula is C22H27N3. The number of nitrogens with zero attached hydrogens (tertiary/aromatic N) is 3. The van der Waals surface area contributed by atoms with Crippen LogP contribution >= 0.6 is 0 Å². The second kappa shape index (κ2) is 4.78. The quantitative estimate of drug-likeness (QED) is 0.515. The maximum atomic E-state index is 4.70. The molecule has 1 aliphatic rings. The number of aromatic nitrogens is 3. The SMILES string of the molecule is CC(C)(C)c1cc2c3c(nnc2c2cccnc12)C(C)(C)CC3(C)C. The molecule has 0 fully saturated rings. The van der Waals surface area contributed by atoms with Gasteiger partial charge in [-0.3, -0.25) is 4.98 Å². The average molecular weight is 333 g/mol. The molecule has 3 nitrogen and oxygen atoms in total. The van der Waals surface area contributed by atoms with Crippen molar-refractivity contribution in [2.45, 2.75) is 71.1 Å². The van der Waals surface area contributed by atoms with Crippen molar-refractivity contribution < 1.29 is 0 Å². The van der Waals surface area contributed by atoms with E-state index in [-0.39, 0.29) is 16.2 Å². The van der Waals surface area contributed by atoms with Crippen LogP contribution < -0.4 is 0 Å². The van der Waals surface area contributed by atoms with Crippen molar-refractivity contribution in [2.24, 2.45) is 0 Å². The van der Waals surface area contributed by atoms with E-state index >= 15 is 0 Å². The fourth-order valence-electron chi connectivity index (χ4n) is 4.82. The topological polar surface area (TPSA) is 38.7 Å². The third-order valence-corrected chi connectivity index (χ3v) is 5.63. The summed E-state index contributed by atoms with van der Waals surface area (Å²) < 4.78 is 0. The second-order valence-electron chi connectivity index (χ2n) is 9.84. The van der Waals surface area contributed by atoms with Gasteiger partial charge in [-0.15, -0.1) is 5.10 Å². The van der Waals surface area contributed by atoms with Gasteiger partial charge in [-0.25, -0.2) is 0 Å². The molecule has 0 aliphatic heterocycles. The molecule has 0 saturated carbocycles. The van der Waals surface area contributed by atoms with Crippen LogP contribution in [0.2, 0.25) is 0 Å². The van der Waals surface area contributed by atoms with Gasteiger partial charge in [0.2, 0.25) is 0 Å². The number of hydrogen-bond acceptors (Lipinski definition) is 3. The van der Waals surface area contributed by atoms with Crippen LogP contribution in [0.25, 0.3) is 21.8 Å². The third kappa shape index (κ3) is 2.28. The van der Waals surface area contributed by atoms with Crippen molar-refractivity contribution in [3.8, 4) is 0 Å². The fourth-order valence-corrected chi connectivity index (χ4v) is 4.82. The summed E-state index contributed by atoms with van der Waals surface area (Å²) >= 11 is 0. The highest BCUT2D eigenvalue weighted by molar-refractivity contribution is 6.07. The van der Waals surface area contributed by atoms with Crippen molar-refractivity contribution in [3.63, 3.8) is 0 Å². The highest BCUT2D eigenvalue weighted by atomic mass is 15.1. The Labute approximate surface area is 149 Å². The Morgan fingerprint density at radius 2 is 1.64 bits per heavy atom. The zero-order valence-electron chi connectivity index (χ0n) is 16.4. The number of rotatable bonds is 0. The highest BCUT2D eigenvalue weighted by Crippen LogP contribution is 2.51. The van der Waals surface area contributed by atoms with Crippen LogP contribution in [0.15, 0.2) is 24.4 Å². The first-order chi connectivity index (χ1) is 11.5. The Kier molecular flexibility index (Phi) is 3.14. The molecule has 3 aromatic rings. The van der Waals surface area contributed by atoms with E-state index in [0.29, 0.717) is 0 Å². The molecule has 0 saturated heterocycles. The van der Waals surface area contributed by atoms with E-state index in [1.54, 1.807) is 0 Å². The van der Waals surface area contributed by atoms with E-state index in [1.165, 1.54) is 16.5 Å². The Morgan fingerprint density at radius 3 is 2.32 bits per heavy atom. The van der Waals surface area contributed by atoms with E-state index in [1.807, 2.05) is 12.3 Å². The Balaban J connectivity index is 2.24. The molecule has 0 bridgehead atoms. The molecule has 0 N–H and O–H groups in total. The van der Waals surface area contributed by atoms with Gasteiger partial charge in [0.25, 0.3) is 0 Å². The Hall–Kier alpha value is -2.03. The van der Waals surface area contributed by atoms with Crippen molar-refractivity contribution in [3.05, 3.63) is 41.2 Å². The van der Waals surface area contributed by atoms with E-state index < -0.39 is 0 Å². The van der Waals surface area contributed by atoms with E-state index in [2.05, 4.69) is 70.7 Å². The summed E-state index contributed by atoms with van der Waals surface area (Å²) in [6.07, 6.45) is 2.97. The monoisotopic (exact) mass is 333 g/mol. The van der Waals surface area contributed by atoms with Crippen LogP contribution in [-0.4, -0.2) is 15.2 Å². The number of benzene rings is 1. The molecule has 2 aromatic heterocycles. The Bertz CT molecular complexity index is 1010. The summed E-state index contributed by atoms with van der Waals surface area (Å²) in [7, 11) is 0. The molecule has 25 heavy (non-hydrogen) atoms. The van der Waals surface area contributed by atoms with Crippen LogP contribution in [-0.2, 0) is 16.2 Å². The van der Waals surface area contributed by atoms with Crippen LogP contribution in [0.5, 0.6) is 0 Å². The molecule has 4 rings (SSSR count). The molecule has 0 spiro atoms. The zero-order chi connectivity index (χ0) is 18.2. The van der Waals surface area contributed by atoms with Gasteiger partial charge in [0, 0.05) is 22.4 Å². The molecule has 0 unspecified atom stereocenters. The van der Waals surface area contributed by atoms with E-state index in [4.69, 9.17) is 5.10 Å². The maximum Gasteiger partial charge on any atom is 0.103 e. The van der Waals surface area contributed by atoms with Gasteiger partial charge in [-0.1, -0.05) is 48.5 Å². The number of pyridine rings is 1. The van der Waals surface area contributed by atoms with E-state index in [9.17, 15) is 0 Å². The highest BCUT2D eigenvalue weighted by Gasteiger charge is 2.45. The van der Waals surface area contributed by atoms with Crippen LogP contribution in [0, 0.1) is 0 Å². The molecule has 1 aliphatic carbocycles. The van der Waals surface area contributed by atoms with Crippen LogP contribution in [0.1, 0.15) is 71.7 Å². The van der Waals surface area contributed by atoms with Gasteiger partial charge in [-0.2, -0.15) is 5.10 Å². The predicted octanol–water partition coefficient (Wildman–Crippen LogP) is 5.43. The summed E-state index contributed by atoms with van der Waals surface area (Å²) in [4.78, 5) is 4.69. The first-order valence-corrected chi connectivity index (χ1v) is 9.12. The van der Waals surface area contributed by atoms with Crippen molar-refractivity contribution in [2.75, 3.05) is 0 Å². The van der Waals surface area contributed by atoms with Crippen LogP contribution in [0.3, 0.4) is 0 Å². The van der Waals surface area contributed by atoms with Gasteiger partial charge in [0.15, 0.2) is 0 Å². The van der Waals surface area contributed by atoms with Gasteiger partial charge in [0.1, 0.15) is 5.52 Å². The molecule has 0 amide bonds. The lowest BCUT2D eigenvalue weighted by Crippen LogP contribution is -2.18. The minimum Gasteiger partial charge on any atom is -0.256 e. The van der Waals surface area contributed by atoms with Crippen molar-refractivity contribution in [1.29, 1.82) is 0 Å². The van der Waals surface area contributed by atoms with Gasteiger partial charge >= 0.3 is 0 Å². The molecule has 1 aromatic carbocycles. The number of fused-ring (bicyclic) bond motifs is 5. The largest absolute Gasteiger partial charge is 0.256 e. The molecule has 3 heteroatoms. The number of hydrogen-bond donors (Lipinski definition) is 0. The fraction of sp³-hybridized carbons (Fsp3) is 0.500. The first-order valence-electron chi connectivity index (χ1n) is 9.12. The maximum absolute atomic E-state index is 4.70. The third-order valence-electron chi connectivity index (χ3n) is 5.63. The molecule has 130 valence electrons. The molecular weight excluding hydrogens is 306 g/mol. The lowest BCUT2D eigenvalue weighted by Gasteiger charge is -2.25. The molecule has 0 atom stereocenters. The minimum atomic E-state index is 0.0230. The average Bonchev–Trinajstić information content (AvgIpc) is 2.70. The van der Waals surface area contributed by atoms with Crippen molar-refractivity contribution in [1.82, 2.24) is 15.2 Å². The van der Waals surface area contributed by atoms with Crippen LogP contribution in [0.4, 0.5) is 0 Å². The van der Waals surface area contributed by atoms with Gasteiger partial charge in [-0.05, 0) is 46.6 Å². The minimum absolute atomic E-state index is 0.0230. The standard InChI is InChI=1S/C22H27N3/c1-20(2,3)15-11-14-16-19(22(6,7)12-21(16,4)5)25-24-17(14)13-9-8-10-23-18(13)15/h8-11H,12H2,1-7H3. The summed E-state index contributed by atoms with van der Waals surface area (Å²) in [5.74, 6) is 0. The Morgan fingerprint density at radius 1 is 0.920 bits per heavy atom. The summed E-state index contributed by atoms with van der Waals surface area (Å²) in [6, 6.07) is 6.47.